The van der Waals surface area contributed by atoms with Crippen LogP contribution in [0.5, 0.6) is 0 Å². The Morgan fingerprint density at radius 2 is 1.95 bits per heavy atom. The molecule has 0 aromatic heterocycles. The Hall–Kier alpha value is -2.24. The molecule has 0 fully saturated rings. The Morgan fingerprint density at radius 1 is 1.32 bits per heavy atom. The lowest BCUT2D eigenvalue weighted by Crippen LogP contribution is -2.58. The monoisotopic (exact) mass is 262 g/mol. The van der Waals surface area contributed by atoms with Gasteiger partial charge in [-0.1, -0.05) is 12.1 Å². The molecule has 1 aromatic carbocycles. The van der Waals surface area contributed by atoms with Crippen molar-refractivity contribution in [2.24, 2.45) is 5.73 Å². The molecule has 102 valence electrons. The average molecular weight is 262 g/mol. The van der Waals surface area contributed by atoms with E-state index in [4.69, 9.17) is 5.73 Å². The number of hydrogen-bond acceptors (Lipinski definition) is 4. The normalized spacial score (nSPS) is 17.7. The second kappa shape index (κ2) is 4.79. The molecule has 6 nitrogen and oxygen atoms in total. The van der Waals surface area contributed by atoms with E-state index < -0.39 is 17.5 Å². The van der Waals surface area contributed by atoms with Gasteiger partial charge >= 0.3 is 0 Å². The molecule has 1 heterocycles. The van der Waals surface area contributed by atoms with Crippen LogP contribution < -0.4 is 21.7 Å². The van der Waals surface area contributed by atoms with Crippen molar-refractivity contribution in [2.45, 2.75) is 25.4 Å². The van der Waals surface area contributed by atoms with Crippen LogP contribution >= 0.6 is 0 Å². The largest absolute Gasteiger partial charge is 0.381 e. The van der Waals surface area contributed by atoms with Crippen LogP contribution in [0, 0.1) is 0 Å². The molecule has 1 aliphatic rings. The Balaban J connectivity index is 2.05. The number of rotatable bonds is 3. The van der Waals surface area contributed by atoms with E-state index in [1.165, 1.54) is 0 Å². The number of para-hydroxylation sites is 2. The molecule has 0 saturated heterocycles. The molecule has 0 saturated carbocycles. The molecule has 1 unspecified atom stereocenters. The van der Waals surface area contributed by atoms with Crippen molar-refractivity contribution in [1.82, 2.24) is 5.32 Å². The van der Waals surface area contributed by atoms with Crippen molar-refractivity contribution in [2.75, 3.05) is 17.2 Å². The quantitative estimate of drug-likeness (QED) is 0.629. The van der Waals surface area contributed by atoms with Gasteiger partial charge in [-0.05, 0) is 26.0 Å². The zero-order valence-corrected chi connectivity index (χ0v) is 11.0. The Morgan fingerprint density at radius 3 is 2.58 bits per heavy atom. The summed E-state index contributed by atoms with van der Waals surface area (Å²) in [7, 11) is 0. The van der Waals surface area contributed by atoms with E-state index in [1.54, 1.807) is 13.8 Å². The Labute approximate surface area is 111 Å². The molecule has 19 heavy (non-hydrogen) atoms. The molecule has 1 aliphatic heterocycles. The Bertz CT molecular complexity index is 513. The summed E-state index contributed by atoms with van der Waals surface area (Å²) in [5, 5.41) is 8.94. The van der Waals surface area contributed by atoms with Gasteiger partial charge < -0.3 is 21.7 Å². The van der Waals surface area contributed by atoms with Gasteiger partial charge in [-0.15, -0.1) is 0 Å². The lowest BCUT2D eigenvalue weighted by molar-refractivity contribution is -0.130. The number of carbonyl (C=O) groups is 2. The summed E-state index contributed by atoms with van der Waals surface area (Å²) in [4.78, 5) is 23.3. The number of amides is 2. The molecule has 2 rings (SSSR count). The molecule has 0 bridgehead atoms. The maximum Gasteiger partial charge on any atom is 0.245 e. The first-order valence-corrected chi connectivity index (χ1v) is 6.11. The summed E-state index contributed by atoms with van der Waals surface area (Å²) < 4.78 is 0. The summed E-state index contributed by atoms with van der Waals surface area (Å²) in [6.07, 6.45) is 0. The van der Waals surface area contributed by atoms with E-state index in [1.807, 2.05) is 24.3 Å². The van der Waals surface area contributed by atoms with Crippen molar-refractivity contribution in [3.8, 4) is 0 Å². The van der Waals surface area contributed by atoms with Crippen LogP contribution in [0.1, 0.15) is 13.8 Å². The van der Waals surface area contributed by atoms with Crippen molar-refractivity contribution in [1.29, 1.82) is 0 Å². The summed E-state index contributed by atoms with van der Waals surface area (Å²) in [5.41, 5.74) is 6.00. The third-order valence-electron chi connectivity index (χ3n) is 3.12. The summed E-state index contributed by atoms with van der Waals surface area (Å²) in [6, 6.07) is 7.20. The number of nitrogens with one attached hydrogen (secondary N) is 3. The fraction of sp³-hybridized carbons (Fsp3) is 0.385. The molecule has 2 amide bonds. The molecule has 6 heteroatoms. The highest BCUT2D eigenvalue weighted by atomic mass is 16.2. The number of carbonyl (C=O) groups excluding carboxylic acids is 2. The van der Waals surface area contributed by atoms with E-state index in [2.05, 4.69) is 16.0 Å². The zero-order chi connectivity index (χ0) is 14.0. The first-order valence-electron chi connectivity index (χ1n) is 6.11. The highest BCUT2D eigenvalue weighted by Gasteiger charge is 2.31. The van der Waals surface area contributed by atoms with E-state index in [0.29, 0.717) is 6.54 Å². The minimum absolute atomic E-state index is 0.259. The minimum Gasteiger partial charge on any atom is -0.381 e. The summed E-state index contributed by atoms with van der Waals surface area (Å²) in [5.74, 6) is -0.823. The predicted octanol–water partition coefficient (Wildman–Crippen LogP) is 0.273. The number of fused-ring (bicyclic) bond motifs is 1. The highest BCUT2D eigenvalue weighted by molar-refractivity contribution is 5.94. The van der Waals surface area contributed by atoms with Crippen LogP contribution in [0.15, 0.2) is 24.3 Å². The smallest absolute Gasteiger partial charge is 0.245 e. The van der Waals surface area contributed by atoms with Crippen LogP contribution in [-0.2, 0) is 9.59 Å². The van der Waals surface area contributed by atoms with Gasteiger partial charge in [0.25, 0.3) is 0 Å². The van der Waals surface area contributed by atoms with E-state index in [9.17, 15) is 9.59 Å². The van der Waals surface area contributed by atoms with Crippen LogP contribution in [0.4, 0.5) is 11.4 Å². The lowest BCUT2D eigenvalue weighted by Gasteiger charge is -2.30. The van der Waals surface area contributed by atoms with Gasteiger partial charge in [-0.25, -0.2) is 0 Å². The first-order chi connectivity index (χ1) is 8.90. The third-order valence-corrected chi connectivity index (χ3v) is 3.12. The van der Waals surface area contributed by atoms with Gasteiger partial charge in [0.1, 0.15) is 11.6 Å². The summed E-state index contributed by atoms with van der Waals surface area (Å²) >= 11 is 0. The maximum atomic E-state index is 12.1. The number of primary amides is 1. The van der Waals surface area contributed by atoms with Crippen molar-refractivity contribution in [3.05, 3.63) is 24.3 Å². The second-order valence-corrected chi connectivity index (χ2v) is 5.10. The second-order valence-electron chi connectivity index (χ2n) is 5.10. The highest BCUT2D eigenvalue weighted by Crippen LogP contribution is 2.25. The summed E-state index contributed by atoms with van der Waals surface area (Å²) in [6.45, 7) is 3.62. The van der Waals surface area contributed by atoms with Crippen LogP contribution in [0.2, 0.25) is 0 Å². The van der Waals surface area contributed by atoms with Crippen LogP contribution in [0.3, 0.4) is 0 Å². The molecular weight excluding hydrogens is 244 g/mol. The number of nitrogens with two attached hydrogens (primary N) is 1. The first kappa shape index (κ1) is 13.2. The van der Waals surface area contributed by atoms with Crippen molar-refractivity contribution in [3.63, 3.8) is 0 Å². The fourth-order valence-corrected chi connectivity index (χ4v) is 1.83. The molecule has 0 spiro atoms. The number of hydrogen-bond donors (Lipinski definition) is 4. The third kappa shape index (κ3) is 2.78. The van der Waals surface area contributed by atoms with Crippen molar-refractivity contribution >= 4 is 23.2 Å². The van der Waals surface area contributed by atoms with Gasteiger partial charge in [-0.3, -0.25) is 9.59 Å². The SMILES string of the molecule is CC(C)(NC(=O)C1CNc2ccccc2N1)C(N)=O. The van der Waals surface area contributed by atoms with Gasteiger partial charge in [-0.2, -0.15) is 0 Å². The van der Waals surface area contributed by atoms with Crippen LogP contribution in [-0.4, -0.2) is 29.9 Å². The molecule has 5 N–H and O–H groups in total. The topological polar surface area (TPSA) is 96.2 Å². The van der Waals surface area contributed by atoms with Crippen molar-refractivity contribution < 1.29 is 9.59 Å². The standard InChI is InChI=1S/C13H18N4O2/c1-13(2,12(14)19)17-11(18)10-7-15-8-5-3-4-6-9(8)16-10/h3-6,10,15-16H,7H2,1-2H3,(H2,14,19)(H,17,18). The fourth-order valence-electron chi connectivity index (χ4n) is 1.83. The maximum absolute atomic E-state index is 12.1. The minimum atomic E-state index is -1.06. The zero-order valence-electron chi connectivity index (χ0n) is 11.0. The number of benzene rings is 1. The Kier molecular flexibility index (Phi) is 3.33. The molecule has 1 atom stereocenters. The molecule has 0 radical (unpaired) electrons. The molecule has 1 aromatic rings. The predicted molar refractivity (Wildman–Crippen MR) is 73.8 cm³/mol. The van der Waals surface area contributed by atoms with Gasteiger partial charge in [0.15, 0.2) is 0 Å². The van der Waals surface area contributed by atoms with E-state index in [-0.39, 0.29) is 5.91 Å². The van der Waals surface area contributed by atoms with Crippen LogP contribution in [0.25, 0.3) is 0 Å². The van der Waals surface area contributed by atoms with E-state index in [0.717, 1.165) is 11.4 Å². The average Bonchev–Trinajstić information content (AvgIpc) is 2.37. The number of anilines is 2. The lowest BCUT2D eigenvalue weighted by atomic mass is 10.0. The van der Waals surface area contributed by atoms with Gasteiger partial charge in [0.2, 0.25) is 11.8 Å². The van der Waals surface area contributed by atoms with E-state index >= 15 is 0 Å². The molecule has 0 aliphatic carbocycles. The van der Waals surface area contributed by atoms with Gasteiger partial charge in [0.05, 0.1) is 11.4 Å². The van der Waals surface area contributed by atoms with Gasteiger partial charge in [0, 0.05) is 6.54 Å². The molecular formula is C13H18N4O2.